The van der Waals surface area contributed by atoms with E-state index in [2.05, 4.69) is 216 Å². The SMILES string of the molecule is c1ccc(-c2nc(-c3ccc(-c4ccc5c(c4)C4c6ccccc6C5c5cc(-c6ccc(-c7nc(-c8ccccc8)nc(-c8ccc(-c9ccc%10ncccc%10c9)cc8)n7)cc6)ccc54)cc3)nc(-c3ccc(-c4ccc5ncccc5c4)cc3)n2)cc1. The number of fused-ring (bicyclic) bond motifs is 2. The van der Waals surface area contributed by atoms with Gasteiger partial charge >= 0.3 is 0 Å². The summed E-state index contributed by atoms with van der Waals surface area (Å²) in [6, 6.07) is 98.6. The summed E-state index contributed by atoms with van der Waals surface area (Å²) >= 11 is 0. The molecule has 8 nitrogen and oxygen atoms in total. The summed E-state index contributed by atoms with van der Waals surface area (Å²) in [4.78, 5) is 39.4. The van der Waals surface area contributed by atoms with E-state index in [1.165, 1.54) is 44.5 Å². The van der Waals surface area contributed by atoms with Crippen LogP contribution in [0.1, 0.15) is 45.2 Å². The lowest BCUT2D eigenvalue weighted by molar-refractivity contribution is 0.755. The van der Waals surface area contributed by atoms with Gasteiger partial charge in [-0.15, -0.1) is 0 Å². The number of rotatable bonds is 10. The third kappa shape index (κ3) is 9.10. The quantitative estimate of drug-likeness (QED) is 0.133. The van der Waals surface area contributed by atoms with Crippen LogP contribution in [0.5, 0.6) is 0 Å². The van der Waals surface area contributed by atoms with E-state index in [9.17, 15) is 0 Å². The van der Waals surface area contributed by atoms with E-state index in [0.29, 0.717) is 34.9 Å². The second kappa shape index (κ2) is 21.1. The maximum atomic E-state index is 5.11. The zero-order valence-corrected chi connectivity index (χ0v) is 47.4. The minimum Gasteiger partial charge on any atom is -0.256 e. The van der Waals surface area contributed by atoms with Gasteiger partial charge in [-0.25, -0.2) is 29.9 Å². The molecule has 2 unspecified atom stereocenters. The third-order valence-corrected chi connectivity index (χ3v) is 17.5. The van der Waals surface area contributed by atoms with Crippen LogP contribution in [0.25, 0.3) is 135 Å². The Labute approximate surface area is 508 Å². The molecule has 18 rings (SSSR count). The first-order valence-corrected chi connectivity index (χ1v) is 29.7. The van der Waals surface area contributed by atoms with Gasteiger partial charge in [-0.05, 0) is 126 Å². The Hall–Kier alpha value is -11.7. The molecule has 0 saturated heterocycles. The largest absolute Gasteiger partial charge is 0.256 e. The number of pyridine rings is 2. The van der Waals surface area contributed by atoms with Crippen molar-refractivity contribution in [2.75, 3.05) is 0 Å². The van der Waals surface area contributed by atoms with Gasteiger partial charge in [0, 0.05) is 68.4 Å². The normalized spacial score (nSPS) is 13.7. The second-order valence-electron chi connectivity index (χ2n) is 22.7. The van der Waals surface area contributed by atoms with E-state index >= 15 is 0 Å². The summed E-state index contributed by atoms with van der Waals surface area (Å²) in [5, 5.41) is 2.22. The van der Waals surface area contributed by atoms with Gasteiger partial charge in [-0.2, -0.15) is 0 Å². The molecule has 0 aliphatic heterocycles. The lowest BCUT2D eigenvalue weighted by atomic mass is 9.60. The van der Waals surface area contributed by atoms with Crippen LogP contribution in [-0.2, 0) is 0 Å². The van der Waals surface area contributed by atoms with Gasteiger partial charge < -0.3 is 0 Å². The molecule has 2 atom stereocenters. The molecule has 15 aromatic rings. The Morgan fingerprint density at radius 3 is 0.784 bits per heavy atom. The average molecular weight is 1120 g/mol. The van der Waals surface area contributed by atoms with Gasteiger partial charge in [0.1, 0.15) is 0 Å². The lowest BCUT2D eigenvalue weighted by Gasteiger charge is -2.42. The first-order valence-electron chi connectivity index (χ1n) is 29.7. The van der Waals surface area contributed by atoms with Crippen LogP contribution in [0.3, 0.4) is 0 Å². The zero-order valence-electron chi connectivity index (χ0n) is 47.4. The molecular formula is C80H50N8. The molecule has 11 aromatic carbocycles. The van der Waals surface area contributed by atoms with Crippen molar-refractivity contribution < 1.29 is 0 Å². The molecule has 0 radical (unpaired) electrons. The highest BCUT2D eigenvalue weighted by atomic mass is 15.0. The van der Waals surface area contributed by atoms with Crippen molar-refractivity contribution in [3.05, 3.63) is 325 Å². The number of hydrogen-bond donors (Lipinski definition) is 0. The van der Waals surface area contributed by atoms with Crippen molar-refractivity contribution in [2.24, 2.45) is 0 Å². The van der Waals surface area contributed by atoms with Crippen molar-refractivity contribution in [3.8, 4) is 113 Å². The summed E-state index contributed by atoms with van der Waals surface area (Å²) in [5.74, 6) is 3.95. The number of aromatic nitrogens is 8. The van der Waals surface area contributed by atoms with E-state index in [1.54, 1.807) is 0 Å². The van der Waals surface area contributed by atoms with E-state index in [0.717, 1.165) is 88.6 Å². The van der Waals surface area contributed by atoms with Crippen molar-refractivity contribution in [1.82, 2.24) is 39.9 Å². The Morgan fingerprint density at radius 1 is 0.182 bits per heavy atom. The molecule has 4 heterocycles. The molecule has 3 aliphatic carbocycles. The third-order valence-electron chi connectivity index (χ3n) is 17.5. The van der Waals surface area contributed by atoms with Crippen LogP contribution < -0.4 is 0 Å². The average Bonchev–Trinajstić information content (AvgIpc) is 0.867. The van der Waals surface area contributed by atoms with Crippen LogP contribution in [0.2, 0.25) is 0 Å². The number of hydrogen-bond acceptors (Lipinski definition) is 8. The van der Waals surface area contributed by atoms with Gasteiger partial charge in [0.15, 0.2) is 34.9 Å². The monoisotopic (exact) mass is 1120 g/mol. The number of benzene rings is 11. The Morgan fingerprint density at radius 2 is 0.443 bits per heavy atom. The standard InChI is InChI=1S/C80H50N8/c1-3-11-53(12-4-1)75-83-77(55-27-19-49(20-28-55)59-37-41-71-63(45-59)15-9-43-81-71)87-79(85-75)57-31-23-51(24-32-57)61-35-39-67-69(47-61)73-65-17-7-8-18-66(65)74(67)70-48-62(36-40-68(70)73)52-25-33-58(34-26-52)80-86-76(54-13-5-2-6-14-54)84-78(88-80)56-29-21-50(22-30-56)60-38-42-72-64(46-60)16-10-44-82-72/h1-48,73-74H. The summed E-state index contributed by atoms with van der Waals surface area (Å²) in [6.45, 7) is 0. The van der Waals surface area contributed by atoms with Crippen LogP contribution in [-0.4, -0.2) is 39.9 Å². The van der Waals surface area contributed by atoms with Crippen LogP contribution in [0.15, 0.2) is 291 Å². The highest BCUT2D eigenvalue weighted by molar-refractivity contribution is 5.87. The molecule has 3 aliphatic rings. The van der Waals surface area contributed by atoms with Crippen LogP contribution in [0.4, 0.5) is 0 Å². The fourth-order valence-electron chi connectivity index (χ4n) is 13.0. The first-order chi connectivity index (χ1) is 43.5. The van der Waals surface area contributed by atoms with Gasteiger partial charge in [0.05, 0.1) is 11.0 Å². The van der Waals surface area contributed by atoms with E-state index in [-0.39, 0.29) is 11.8 Å². The molecule has 0 saturated carbocycles. The molecule has 0 fully saturated rings. The van der Waals surface area contributed by atoms with Crippen LogP contribution >= 0.6 is 0 Å². The van der Waals surface area contributed by atoms with E-state index in [1.807, 2.05) is 85.2 Å². The summed E-state index contributed by atoms with van der Waals surface area (Å²) in [7, 11) is 0. The van der Waals surface area contributed by atoms with E-state index < -0.39 is 0 Å². The maximum Gasteiger partial charge on any atom is 0.164 e. The zero-order chi connectivity index (χ0) is 58.1. The molecule has 0 spiro atoms. The number of nitrogens with zero attached hydrogens (tertiary/aromatic N) is 8. The second-order valence-corrected chi connectivity index (χ2v) is 22.7. The molecule has 2 bridgehead atoms. The Bertz CT molecular complexity index is 4860. The summed E-state index contributed by atoms with van der Waals surface area (Å²) in [5.41, 5.74) is 24.8. The van der Waals surface area contributed by atoms with Crippen LogP contribution in [0, 0.1) is 0 Å². The van der Waals surface area contributed by atoms with Crippen molar-refractivity contribution in [3.63, 3.8) is 0 Å². The Kier molecular flexibility index (Phi) is 12.2. The predicted octanol–water partition coefficient (Wildman–Crippen LogP) is 18.8. The lowest BCUT2D eigenvalue weighted by Crippen LogP contribution is -2.27. The topological polar surface area (TPSA) is 103 Å². The minimum absolute atomic E-state index is 0.102. The van der Waals surface area contributed by atoms with Gasteiger partial charge in [-0.3, -0.25) is 9.97 Å². The summed E-state index contributed by atoms with van der Waals surface area (Å²) in [6.07, 6.45) is 3.66. The maximum absolute atomic E-state index is 5.11. The summed E-state index contributed by atoms with van der Waals surface area (Å²) < 4.78 is 0. The molecular weight excluding hydrogens is 1070 g/mol. The Balaban J connectivity index is 0.657. The minimum atomic E-state index is 0.102. The molecule has 4 aromatic heterocycles. The van der Waals surface area contributed by atoms with Gasteiger partial charge in [0.25, 0.3) is 0 Å². The molecule has 0 N–H and O–H groups in total. The van der Waals surface area contributed by atoms with Gasteiger partial charge in [-0.1, -0.05) is 231 Å². The van der Waals surface area contributed by atoms with Crippen molar-refractivity contribution in [1.29, 1.82) is 0 Å². The first kappa shape index (κ1) is 50.7. The fourth-order valence-corrected chi connectivity index (χ4v) is 13.0. The van der Waals surface area contributed by atoms with Gasteiger partial charge in [0.2, 0.25) is 0 Å². The van der Waals surface area contributed by atoms with Crippen molar-refractivity contribution >= 4 is 21.8 Å². The molecule has 410 valence electrons. The highest BCUT2D eigenvalue weighted by Crippen LogP contribution is 2.57. The van der Waals surface area contributed by atoms with E-state index in [4.69, 9.17) is 29.9 Å². The smallest absolute Gasteiger partial charge is 0.164 e. The fraction of sp³-hybridized carbons (Fsp3) is 0.0250. The molecule has 0 amide bonds. The molecule has 8 heteroatoms. The predicted molar refractivity (Wildman–Crippen MR) is 353 cm³/mol. The highest BCUT2D eigenvalue weighted by Gasteiger charge is 2.41. The van der Waals surface area contributed by atoms with Crippen molar-refractivity contribution in [2.45, 2.75) is 11.8 Å². The molecule has 88 heavy (non-hydrogen) atoms.